The van der Waals surface area contributed by atoms with Crippen LogP contribution in [0.2, 0.25) is 0 Å². The van der Waals surface area contributed by atoms with Crippen LogP contribution in [-0.4, -0.2) is 74.2 Å². The summed E-state index contributed by atoms with van der Waals surface area (Å²) in [5.74, 6) is -2.88. The van der Waals surface area contributed by atoms with Gasteiger partial charge < -0.3 is 34.3 Å². The zero-order valence-electron chi connectivity index (χ0n) is 16.2. The standard InChI is InChI=1S/C16H24N2O10/c1-7(19)24-6-11-12(25-8(2)20)13(26-9(3)21)14(27-10(4)22)15(28-11)18-16(23)17-5/h11-15H,6H2,1-5H3,(H2,17,18,23)/t11?,12-,13+,14?,15-/m1/s1. The van der Waals surface area contributed by atoms with E-state index in [2.05, 4.69) is 10.6 Å². The fourth-order valence-electron chi connectivity index (χ4n) is 2.55. The number of ether oxygens (including phenoxy) is 5. The van der Waals surface area contributed by atoms with Crippen LogP contribution >= 0.6 is 0 Å². The summed E-state index contributed by atoms with van der Waals surface area (Å²) in [5.41, 5.74) is 0. The fourth-order valence-corrected chi connectivity index (χ4v) is 2.55. The number of hydrogen-bond acceptors (Lipinski definition) is 10. The molecule has 1 aliphatic rings. The van der Waals surface area contributed by atoms with Gasteiger partial charge in [-0.25, -0.2) is 4.79 Å². The fraction of sp³-hybridized carbons (Fsp3) is 0.688. The molecule has 5 atom stereocenters. The van der Waals surface area contributed by atoms with Crippen molar-refractivity contribution < 1.29 is 47.7 Å². The Hall–Kier alpha value is -2.89. The molecule has 2 amide bonds. The normalized spacial score (nSPS) is 26.4. The molecule has 28 heavy (non-hydrogen) atoms. The molecule has 1 fully saturated rings. The average Bonchev–Trinajstić information content (AvgIpc) is 2.57. The number of urea groups is 1. The van der Waals surface area contributed by atoms with Crippen LogP contribution in [0.3, 0.4) is 0 Å². The lowest BCUT2D eigenvalue weighted by molar-refractivity contribution is -0.255. The first-order valence-electron chi connectivity index (χ1n) is 8.33. The highest BCUT2D eigenvalue weighted by molar-refractivity contribution is 5.74. The molecule has 0 aliphatic carbocycles. The number of carbonyl (C=O) groups is 5. The van der Waals surface area contributed by atoms with Gasteiger partial charge in [-0.1, -0.05) is 0 Å². The van der Waals surface area contributed by atoms with Crippen LogP contribution in [0.25, 0.3) is 0 Å². The van der Waals surface area contributed by atoms with E-state index in [-0.39, 0.29) is 6.61 Å². The summed E-state index contributed by atoms with van der Waals surface area (Å²) in [6.07, 6.45) is -6.35. The number of nitrogens with one attached hydrogen (secondary N) is 2. The first kappa shape index (κ1) is 23.1. The second-order valence-electron chi connectivity index (χ2n) is 5.84. The van der Waals surface area contributed by atoms with E-state index in [1.165, 1.54) is 7.05 Å². The molecule has 1 aliphatic heterocycles. The zero-order chi connectivity index (χ0) is 21.4. The molecule has 1 rings (SSSR count). The lowest BCUT2D eigenvalue weighted by atomic mass is 9.97. The number of rotatable bonds is 6. The second kappa shape index (κ2) is 10.4. The highest BCUT2D eigenvalue weighted by Crippen LogP contribution is 2.28. The van der Waals surface area contributed by atoms with E-state index < -0.39 is 60.6 Å². The molecule has 12 heteroatoms. The Balaban J connectivity index is 3.30. The Morgan fingerprint density at radius 2 is 1.29 bits per heavy atom. The maximum absolute atomic E-state index is 11.8. The van der Waals surface area contributed by atoms with Gasteiger partial charge in [-0.05, 0) is 0 Å². The molecule has 12 nitrogen and oxygen atoms in total. The maximum Gasteiger partial charge on any atom is 0.316 e. The van der Waals surface area contributed by atoms with Crippen molar-refractivity contribution in [3.8, 4) is 0 Å². The smallest absolute Gasteiger partial charge is 0.316 e. The Morgan fingerprint density at radius 3 is 1.75 bits per heavy atom. The summed E-state index contributed by atoms with van der Waals surface area (Å²) in [7, 11) is 1.35. The van der Waals surface area contributed by atoms with Gasteiger partial charge in [0.2, 0.25) is 0 Å². The van der Waals surface area contributed by atoms with Crippen LogP contribution in [0.5, 0.6) is 0 Å². The molecule has 0 radical (unpaired) electrons. The van der Waals surface area contributed by atoms with Gasteiger partial charge in [0.05, 0.1) is 0 Å². The van der Waals surface area contributed by atoms with Crippen LogP contribution in [0.15, 0.2) is 0 Å². The molecule has 0 aromatic rings. The minimum atomic E-state index is -1.34. The van der Waals surface area contributed by atoms with E-state index >= 15 is 0 Å². The lowest BCUT2D eigenvalue weighted by Gasteiger charge is -2.44. The van der Waals surface area contributed by atoms with Gasteiger partial charge in [0.25, 0.3) is 0 Å². The molecular weight excluding hydrogens is 380 g/mol. The third kappa shape index (κ3) is 7.02. The topological polar surface area (TPSA) is 156 Å². The molecule has 0 saturated carbocycles. The number of carbonyl (C=O) groups excluding carboxylic acids is 5. The summed E-state index contributed by atoms with van der Waals surface area (Å²) >= 11 is 0. The third-order valence-corrected chi connectivity index (χ3v) is 3.49. The monoisotopic (exact) mass is 404 g/mol. The first-order valence-corrected chi connectivity index (χ1v) is 8.33. The largest absolute Gasteiger partial charge is 0.463 e. The van der Waals surface area contributed by atoms with E-state index in [4.69, 9.17) is 23.7 Å². The number of hydrogen-bond donors (Lipinski definition) is 2. The first-order chi connectivity index (χ1) is 13.0. The van der Waals surface area contributed by atoms with Crippen LogP contribution < -0.4 is 10.6 Å². The Kier molecular flexibility index (Phi) is 8.64. The summed E-state index contributed by atoms with van der Waals surface area (Å²) < 4.78 is 26.1. The van der Waals surface area contributed by atoms with E-state index in [9.17, 15) is 24.0 Å². The highest BCUT2D eigenvalue weighted by Gasteiger charge is 2.52. The summed E-state index contributed by atoms with van der Waals surface area (Å²) in [6, 6.07) is -0.680. The van der Waals surface area contributed by atoms with Gasteiger partial charge in [-0.3, -0.25) is 19.2 Å². The van der Waals surface area contributed by atoms with Gasteiger partial charge in [-0.15, -0.1) is 0 Å². The zero-order valence-corrected chi connectivity index (χ0v) is 16.2. The lowest BCUT2D eigenvalue weighted by Crippen LogP contribution is -2.66. The Labute approximate surface area is 161 Å². The van der Waals surface area contributed by atoms with Crippen molar-refractivity contribution >= 4 is 29.9 Å². The van der Waals surface area contributed by atoms with Gasteiger partial charge in [-0.2, -0.15) is 0 Å². The highest BCUT2D eigenvalue weighted by atomic mass is 16.7. The third-order valence-electron chi connectivity index (χ3n) is 3.49. The van der Waals surface area contributed by atoms with Crippen LogP contribution in [-0.2, 0) is 42.9 Å². The summed E-state index contributed by atoms with van der Waals surface area (Å²) in [5, 5.41) is 4.70. The van der Waals surface area contributed by atoms with Gasteiger partial charge in [0.1, 0.15) is 12.7 Å². The Morgan fingerprint density at radius 1 is 0.786 bits per heavy atom. The summed E-state index contributed by atoms with van der Waals surface area (Å²) in [6.45, 7) is 4.11. The minimum absolute atomic E-state index is 0.371. The molecule has 2 unspecified atom stereocenters. The van der Waals surface area contributed by atoms with Crippen molar-refractivity contribution in [2.24, 2.45) is 0 Å². The van der Waals surface area contributed by atoms with Gasteiger partial charge >= 0.3 is 29.9 Å². The molecule has 0 aromatic heterocycles. The van der Waals surface area contributed by atoms with Crippen LogP contribution in [0.1, 0.15) is 27.7 Å². The van der Waals surface area contributed by atoms with Crippen molar-refractivity contribution in [2.75, 3.05) is 13.7 Å². The van der Waals surface area contributed by atoms with E-state index in [1.54, 1.807) is 0 Å². The maximum atomic E-state index is 11.8. The molecule has 0 spiro atoms. The molecule has 158 valence electrons. The predicted molar refractivity (Wildman–Crippen MR) is 89.5 cm³/mol. The quantitative estimate of drug-likeness (QED) is 0.416. The van der Waals surface area contributed by atoms with Crippen molar-refractivity contribution in [2.45, 2.75) is 58.3 Å². The predicted octanol–water partition coefficient (Wildman–Crippen LogP) is -1.00. The second-order valence-corrected chi connectivity index (χ2v) is 5.84. The van der Waals surface area contributed by atoms with Crippen LogP contribution in [0, 0.1) is 0 Å². The van der Waals surface area contributed by atoms with Crippen molar-refractivity contribution in [3.63, 3.8) is 0 Å². The number of amides is 2. The molecule has 2 N–H and O–H groups in total. The van der Waals surface area contributed by atoms with Crippen molar-refractivity contribution in [1.82, 2.24) is 10.6 Å². The van der Waals surface area contributed by atoms with E-state index in [0.717, 1.165) is 27.7 Å². The molecule has 1 saturated heterocycles. The molecular formula is C16H24N2O10. The molecule has 1 heterocycles. The molecule has 0 aromatic carbocycles. The SMILES string of the molecule is CNC(=O)N[C@@H]1OC(COC(C)=O)[C@@H](OC(C)=O)[C@H](OC(C)=O)C1OC(C)=O. The van der Waals surface area contributed by atoms with Crippen molar-refractivity contribution in [3.05, 3.63) is 0 Å². The van der Waals surface area contributed by atoms with Crippen molar-refractivity contribution in [1.29, 1.82) is 0 Å². The van der Waals surface area contributed by atoms with E-state index in [1.807, 2.05) is 0 Å². The minimum Gasteiger partial charge on any atom is -0.463 e. The van der Waals surface area contributed by atoms with Gasteiger partial charge in [0, 0.05) is 34.7 Å². The molecule has 0 bridgehead atoms. The number of esters is 4. The Bertz CT molecular complexity index is 623. The average molecular weight is 404 g/mol. The van der Waals surface area contributed by atoms with E-state index in [0.29, 0.717) is 0 Å². The summed E-state index contributed by atoms with van der Waals surface area (Å²) in [4.78, 5) is 57.6. The van der Waals surface area contributed by atoms with Gasteiger partial charge in [0.15, 0.2) is 24.5 Å². The van der Waals surface area contributed by atoms with Crippen LogP contribution in [0.4, 0.5) is 4.79 Å².